The van der Waals surface area contributed by atoms with Gasteiger partial charge in [-0.25, -0.2) is 0 Å². The van der Waals surface area contributed by atoms with E-state index >= 15 is 0 Å². The molecule has 2 aromatic rings. The molecule has 0 unspecified atom stereocenters. The van der Waals surface area contributed by atoms with Crippen LogP contribution in [-0.4, -0.2) is 65.1 Å². The molecule has 1 aliphatic carbocycles. The zero-order chi connectivity index (χ0) is 24.1. The third-order valence-electron chi connectivity index (χ3n) is 7.21. The average molecular weight is 465 g/mol. The van der Waals surface area contributed by atoms with E-state index in [4.69, 9.17) is 4.74 Å². The van der Waals surface area contributed by atoms with Crippen molar-refractivity contribution in [2.24, 2.45) is 0 Å². The molecule has 0 bridgehead atoms. The van der Waals surface area contributed by atoms with Crippen LogP contribution in [-0.2, 0) is 6.54 Å². The number of benzene rings is 1. The lowest BCUT2D eigenvalue weighted by Gasteiger charge is -2.44. The van der Waals surface area contributed by atoms with Crippen LogP contribution in [0.3, 0.4) is 0 Å². The zero-order valence-electron chi connectivity index (χ0n) is 21.2. The maximum atomic E-state index is 12.8. The second kappa shape index (κ2) is 11.2. The molecule has 6 heteroatoms. The van der Waals surface area contributed by atoms with Gasteiger partial charge < -0.3 is 14.5 Å². The molecule has 184 valence electrons. The second-order valence-electron chi connectivity index (χ2n) is 9.55. The van der Waals surface area contributed by atoms with Crippen LogP contribution in [0.5, 0.6) is 5.75 Å². The van der Waals surface area contributed by atoms with Crippen molar-refractivity contribution in [2.45, 2.75) is 78.1 Å². The Kier molecular flexibility index (Phi) is 8.09. The van der Waals surface area contributed by atoms with E-state index in [0.717, 1.165) is 56.0 Å². The highest BCUT2D eigenvalue weighted by Gasteiger charge is 2.37. The fourth-order valence-corrected chi connectivity index (χ4v) is 5.58. The van der Waals surface area contributed by atoms with Crippen molar-refractivity contribution >= 4 is 11.6 Å². The third kappa shape index (κ3) is 5.22. The van der Waals surface area contributed by atoms with Gasteiger partial charge in [0.15, 0.2) is 0 Å². The number of nitrogens with zero attached hydrogens (tertiary/aromatic N) is 4. The van der Waals surface area contributed by atoms with Crippen LogP contribution >= 0.6 is 0 Å². The van der Waals surface area contributed by atoms with Gasteiger partial charge in [-0.1, -0.05) is 26.0 Å². The van der Waals surface area contributed by atoms with Crippen molar-refractivity contribution in [3.8, 4) is 5.75 Å². The number of anilines is 1. The topological polar surface area (TPSA) is 48.9 Å². The largest absolute Gasteiger partial charge is 0.489 e. The van der Waals surface area contributed by atoms with Gasteiger partial charge in [-0.3, -0.25) is 14.7 Å². The minimum absolute atomic E-state index is 0.174. The Balaban J connectivity index is 0.00000133. The first-order valence-electron chi connectivity index (χ1n) is 13.1. The molecule has 2 fully saturated rings. The second-order valence-corrected chi connectivity index (χ2v) is 9.55. The Bertz CT molecular complexity index is 947. The number of piperazine rings is 1. The standard InChI is InChI=1S/C26H34N4O2.C2H6/c1-19(2)32-25-8-4-3-7-24(25)29-16-14-28(15-17-29)20-9-11-21(12-10-20)30-18-23-22(26(30)31)6-5-13-27-23;1-2/h3-8,13,19-21H,9-12,14-18H2,1-2H3;1-2H3. The van der Waals surface area contributed by atoms with Crippen molar-refractivity contribution in [1.82, 2.24) is 14.8 Å². The monoisotopic (exact) mass is 464 g/mol. The first kappa shape index (κ1) is 24.5. The van der Waals surface area contributed by atoms with Crippen molar-refractivity contribution in [2.75, 3.05) is 31.1 Å². The van der Waals surface area contributed by atoms with Crippen molar-refractivity contribution < 1.29 is 9.53 Å². The number of carbonyl (C=O) groups excluding carboxylic acids is 1. The highest BCUT2D eigenvalue weighted by Crippen LogP contribution is 2.34. The molecule has 1 saturated carbocycles. The minimum atomic E-state index is 0.174. The number of carbonyl (C=O) groups is 1. The van der Waals surface area contributed by atoms with Gasteiger partial charge in [0, 0.05) is 44.5 Å². The van der Waals surface area contributed by atoms with E-state index in [1.807, 2.05) is 26.0 Å². The molecule has 1 amide bonds. The van der Waals surface area contributed by atoms with Crippen LogP contribution in [0.1, 0.15) is 69.4 Å². The molecule has 0 spiro atoms. The maximum absolute atomic E-state index is 12.8. The summed E-state index contributed by atoms with van der Waals surface area (Å²) in [5, 5.41) is 0. The fourth-order valence-electron chi connectivity index (χ4n) is 5.58. The number of para-hydroxylation sites is 2. The fraction of sp³-hybridized carbons (Fsp3) is 0.571. The highest BCUT2D eigenvalue weighted by molar-refractivity contribution is 5.97. The molecule has 1 aromatic carbocycles. The van der Waals surface area contributed by atoms with Gasteiger partial charge >= 0.3 is 0 Å². The van der Waals surface area contributed by atoms with Gasteiger partial charge in [-0.2, -0.15) is 0 Å². The van der Waals surface area contributed by atoms with Crippen LogP contribution in [0.2, 0.25) is 0 Å². The normalized spacial score (nSPS) is 22.9. The number of aromatic nitrogens is 1. The summed E-state index contributed by atoms with van der Waals surface area (Å²) in [6.07, 6.45) is 6.50. The molecule has 5 rings (SSSR count). The summed E-state index contributed by atoms with van der Waals surface area (Å²) in [5.41, 5.74) is 2.95. The van der Waals surface area contributed by atoms with Crippen molar-refractivity contribution in [3.63, 3.8) is 0 Å². The zero-order valence-corrected chi connectivity index (χ0v) is 21.2. The third-order valence-corrected chi connectivity index (χ3v) is 7.21. The molecule has 0 atom stereocenters. The number of hydrogen-bond acceptors (Lipinski definition) is 5. The molecule has 3 aliphatic rings. The van der Waals surface area contributed by atoms with Crippen LogP contribution in [0.15, 0.2) is 42.6 Å². The molecule has 1 saturated heterocycles. The van der Waals surface area contributed by atoms with E-state index in [1.165, 1.54) is 18.5 Å². The Morgan fingerprint density at radius 3 is 2.26 bits per heavy atom. The number of rotatable bonds is 5. The number of hydrogen-bond donors (Lipinski definition) is 0. The van der Waals surface area contributed by atoms with E-state index < -0.39 is 0 Å². The Morgan fingerprint density at radius 1 is 0.912 bits per heavy atom. The quantitative estimate of drug-likeness (QED) is 0.624. The highest BCUT2D eigenvalue weighted by atomic mass is 16.5. The van der Waals surface area contributed by atoms with E-state index in [1.54, 1.807) is 6.20 Å². The molecule has 2 aliphatic heterocycles. The van der Waals surface area contributed by atoms with Crippen LogP contribution in [0.25, 0.3) is 0 Å². The van der Waals surface area contributed by atoms with E-state index in [9.17, 15) is 4.79 Å². The first-order valence-corrected chi connectivity index (χ1v) is 13.1. The van der Waals surface area contributed by atoms with Gasteiger partial charge in [-0.05, 0) is 63.8 Å². The predicted octanol–water partition coefficient (Wildman–Crippen LogP) is 4.98. The van der Waals surface area contributed by atoms with Gasteiger partial charge in [0.25, 0.3) is 5.91 Å². The molecular weight excluding hydrogens is 424 g/mol. The van der Waals surface area contributed by atoms with Crippen molar-refractivity contribution in [1.29, 1.82) is 0 Å². The van der Waals surface area contributed by atoms with Gasteiger partial charge in [0.2, 0.25) is 0 Å². The average Bonchev–Trinajstić information content (AvgIpc) is 3.22. The predicted molar refractivity (Wildman–Crippen MR) is 137 cm³/mol. The number of pyridine rings is 1. The summed E-state index contributed by atoms with van der Waals surface area (Å²) < 4.78 is 6.04. The summed E-state index contributed by atoms with van der Waals surface area (Å²) >= 11 is 0. The van der Waals surface area contributed by atoms with Crippen LogP contribution in [0, 0.1) is 0 Å². The number of fused-ring (bicyclic) bond motifs is 1. The van der Waals surface area contributed by atoms with Crippen molar-refractivity contribution in [3.05, 3.63) is 53.9 Å². The smallest absolute Gasteiger partial charge is 0.256 e. The summed E-state index contributed by atoms with van der Waals surface area (Å²) in [5.74, 6) is 1.16. The molecule has 0 radical (unpaired) electrons. The van der Waals surface area contributed by atoms with E-state index in [-0.39, 0.29) is 12.0 Å². The maximum Gasteiger partial charge on any atom is 0.256 e. The summed E-state index contributed by atoms with van der Waals surface area (Å²) in [6, 6.07) is 13.2. The lowest BCUT2D eigenvalue weighted by molar-refractivity contribution is 0.0575. The molecule has 1 aromatic heterocycles. The molecule has 3 heterocycles. The molecular formula is C28H40N4O2. The number of amides is 1. The number of ether oxygens (including phenoxy) is 1. The summed E-state index contributed by atoms with van der Waals surface area (Å²) in [7, 11) is 0. The van der Waals surface area contributed by atoms with Gasteiger partial charge in [-0.15, -0.1) is 0 Å². The SMILES string of the molecule is CC.CC(C)Oc1ccccc1N1CCN(C2CCC(N3Cc4ncccc4C3=O)CC2)CC1. The molecule has 34 heavy (non-hydrogen) atoms. The Labute approximate surface area is 204 Å². The minimum Gasteiger partial charge on any atom is -0.489 e. The van der Waals surface area contributed by atoms with E-state index in [0.29, 0.717) is 18.6 Å². The van der Waals surface area contributed by atoms with Gasteiger partial charge in [0.05, 0.1) is 29.6 Å². The first-order chi connectivity index (χ1) is 16.6. The lowest BCUT2D eigenvalue weighted by Crippen LogP contribution is -2.52. The lowest BCUT2D eigenvalue weighted by atomic mass is 9.89. The Hall–Kier alpha value is -2.60. The van der Waals surface area contributed by atoms with Crippen LogP contribution < -0.4 is 9.64 Å². The van der Waals surface area contributed by atoms with Crippen LogP contribution in [0.4, 0.5) is 5.69 Å². The molecule has 6 nitrogen and oxygen atoms in total. The summed E-state index contributed by atoms with van der Waals surface area (Å²) in [4.78, 5) is 24.4. The molecule has 0 N–H and O–H groups in total. The summed E-state index contributed by atoms with van der Waals surface area (Å²) in [6.45, 7) is 13.1. The van der Waals surface area contributed by atoms with Gasteiger partial charge in [0.1, 0.15) is 5.75 Å². The van der Waals surface area contributed by atoms with E-state index in [2.05, 4.69) is 57.8 Å². The Morgan fingerprint density at radius 2 is 1.59 bits per heavy atom.